The van der Waals surface area contributed by atoms with E-state index in [0.29, 0.717) is 0 Å². The first-order valence-corrected chi connectivity index (χ1v) is 9.31. The molecule has 24 heavy (non-hydrogen) atoms. The maximum Gasteiger partial charge on any atom is 0.305 e. The maximum atomic E-state index is 12.6. The fraction of sp³-hybridized carbons (Fsp3) is 0.467. The SMILES string of the molecule is O=C([O-])CN1C(=O)[C@@H]2[C@H]3C[C@H](C4=Cc5sc(=O)[nH]c5S[C@H]43)[C@H]2C1=O. The summed E-state index contributed by atoms with van der Waals surface area (Å²) in [6.07, 6.45) is 2.76. The van der Waals surface area contributed by atoms with E-state index < -0.39 is 24.3 Å². The zero-order chi connectivity index (χ0) is 16.7. The average molecular weight is 363 g/mol. The molecule has 0 radical (unpaired) electrons. The van der Waals surface area contributed by atoms with Crippen molar-refractivity contribution in [2.45, 2.75) is 16.7 Å². The lowest BCUT2D eigenvalue weighted by atomic mass is 9.77. The van der Waals surface area contributed by atoms with Crippen molar-refractivity contribution in [1.29, 1.82) is 0 Å². The third-order valence-corrected chi connectivity index (χ3v) is 7.92. The minimum Gasteiger partial charge on any atom is -0.548 e. The Morgan fingerprint density at radius 2 is 2.04 bits per heavy atom. The number of likely N-dealkylation sites (tertiary alicyclic amines) is 1. The van der Waals surface area contributed by atoms with Gasteiger partial charge >= 0.3 is 4.87 Å². The van der Waals surface area contributed by atoms with E-state index >= 15 is 0 Å². The number of carboxylic acid groups (broad SMARTS) is 1. The van der Waals surface area contributed by atoms with E-state index in [4.69, 9.17) is 0 Å². The number of carboxylic acids is 1. The second kappa shape index (κ2) is 4.60. The Hall–Kier alpha value is -1.87. The molecule has 2 amide bonds. The molecule has 1 aromatic rings. The number of hydrogen-bond acceptors (Lipinski definition) is 7. The number of thiazole rings is 1. The van der Waals surface area contributed by atoms with Gasteiger partial charge in [0.15, 0.2) is 0 Å². The summed E-state index contributed by atoms with van der Waals surface area (Å²) >= 11 is 2.70. The monoisotopic (exact) mass is 363 g/mol. The van der Waals surface area contributed by atoms with Gasteiger partial charge in [-0.25, -0.2) is 0 Å². The van der Waals surface area contributed by atoms with Gasteiger partial charge in [-0.1, -0.05) is 28.7 Å². The summed E-state index contributed by atoms with van der Waals surface area (Å²) in [6, 6.07) is 0. The van der Waals surface area contributed by atoms with Crippen LogP contribution >= 0.6 is 23.1 Å². The molecule has 2 aliphatic heterocycles. The molecule has 7 nitrogen and oxygen atoms in total. The summed E-state index contributed by atoms with van der Waals surface area (Å²) in [5.74, 6) is -3.12. The highest BCUT2D eigenvalue weighted by Gasteiger charge is 2.66. The molecule has 2 saturated carbocycles. The smallest absolute Gasteiger partial charge is 0.305 e. The Bertz CT molecular complexity index is 900. The summed E-state index contributed by atoms with van der Waals surface area (Å²) in [7, 11) is 0. The number of aromatic amines is 1. The Kier molecular flexibility index (Phi) is 2.78. The highest BCUT2D eigenvalue weighted by molar-refractivity contribution is 8.00. The first-order chi connectivity index (χ1) is 11.5. The van der Waals surface area contributed by atoms with Crippen LogP contribution < -0.4 is 9.98 Å². The second-order valence-electron chi connectivity index (χ2n) is 6.58. The number of aromatic nitrogens is 1. The number of thioether (sulfide) groups is 1. The fourth-order valence-corrected chi connectivity index (χ4v) is 7.20. The van der Waals surface area contributed by atoms with Crippen LogP contribution in [0.4, 0.5) is 0 Å². The van der Waals surface area contributed by atoms with Gasteiger partial charge in [-0.15, -0.1) is 0 Å². The van der Waals surface area contributed by atoms with Crippen LogP contribution in [0.1, 0.15) is 11.3 Å². The van der Waals surface area contributed by atoms with Gasteiger partial charge in [0.05, 0.1) is 34.3 Å². The van der Waals surface area contributed by atoms with E-state index in [1.54, 1.807) is 11.8 Å². The molecule has 0 spiro atoms. The molecule has 1 N–H and O–H groups in total. The van der Waals surface area contributed by atoms with Crippen molar-refractivity contribution >= 4 is 47.0 Å². The molecule has 3 heterocycles. The van der Waals surface area contributed by atoms with E-state index in [9.17, 15) is 24.3 Å². The molecular formula is C15H11N2O5S2-. The van der Waals surface area contributed by atoms with Crippen LogP contribution in [0.2, 0.25) is 0 Å². The first-order valence-electron chi connectivity index (χ1n) is 7.62. The Labute approximate surface area is 143 Å². The fourth-order valence-electron chi connectivity index (χ4n) is 4.76. The third kappa shape index (κ3) is 1.68. The van der Waals surface area contributed by atoms with Crippen molar-refractivity contribution in [2.24, 2.45) is 23.7 Å². The summed E-state index contributed by atoms with van der Waals surface area (Å²) in [5.41, 5.74) is 1.12. The van der Waals surface area contributed by atoms with E-state index in [2.05, 4.69) is 4.98 Å². The zero-order valence-electron chi connectivity index (χ0n) is 12.2. The number of imide groups is 1. The van der Waals surface area contributed by atoms with Gasteiger partial charge in [-0.05, 0) is 24.3 Å². The predicted octanol–water partition coefficient (Wildman–Crippen LogP) is -0.705. The number of H-pyrrole nitrogens is 1. The standard InChI is InChI=1S/C15H12N2O5S2/c18-8(19)3-17-13(20)9-4-1-6(10(9)14(17)21)11-5(4)2-7-12(24-11)16-15(22)23-7/h2,4,6,9-11H,1,3H2,(H,16,22)(H,18,19)/p-1/t4-,6-,9-,10-,11-/m1/s1. The van der Waals surface area contributed by atoms with Crippen LogP contribution in [0.25, 0.3) is 6.08 Å². The Morgan fingerprint density at radius 3 is 2.79 bits per heavy atom. The van der Waals surface area contributed by atoms with Crippen LogP contribution in [-0.2, 0) is 14.4 Å². The molecule has 1 aromatic heterocycles. The molecule has 5 atom stereocenters. The normalized spacial score (nSPS) is 35.8. The predicted molar refractivity (Wildman–Crippen MR) is 82.9 cm³/mol. The molecular weight excluding hydrogens is 352 g/mol. The summed E-state index contributed by atoms with van der Waals surface area (Å²) in [4.78, 5) is 52.0. The number of amides is 2. The van der Waals surface area contributed by atoms with Gasteiger partial charge in [-0.3, -0.25) is 19.3 Å². The van der Waals surface area contributed by atoms with Crippen LogP contribution in [0.15, 0.2) is 15.4 Å². The average Bonchev–Trinajstić information content (AvgIpc) is 3.21. The van der Waals surface area contributed by atoms with Crippen LogP contribution in [-0.4, -0.2) is 39.5 Å². The van der Waals surface area contributed by atoms with E-state index in [0.717, 1.165) is 38.1 Å². The van der Waals surface area contributed by atoms with Gasteiger partial charge in [0.25, 0.3) is 0 Å². The first kappa shape index (κ1) is 14.5. The van der Waals surface area contributed by atoms with Crippen LogP contribution in [0.5, 0.6) is 0 Å². The molecule has 9 heteroatoms. The molecule has 0 aromatic carbocycles. The van der Waals surface area contributed by atoms with Gasteiger partial charge in [0, 0.05) is 5.25 Å². The Morgan fingerprint density at radius 1 is 1.29 bits per heavy atom. The van der Waals surface area contributed by atoms with Gasteiger partial charge in [0.1, 0.15) is 0 Å². The number of rotatable bonds is 2. The lowest BCUT2D eigenvalue weighted by Crippen LogP contribution is -2.42. The molecule has 1 saturated heterocycles. The lowest BCUT2D eigenvalue weighted by Gasteiger charge is -2.32. The van der Waals surface area contributed by atoms with Crippen molar-refractivity contribution in [3.05, 3.63) is 20.1 Å². The number of aliphatic carboxylic acids is 1. The summed E-state index contributed by atoms with van der Waals surface area (Å²) < 4.78 is 0. The topological polar surface area (TPSA) is 110 Å². The molecule has 0 unspecified atom stereocenters. The maximum absolute atomic E-state index is 12.6. The lowest BCUT2D eigenvalue weighted by molar-refractivity contribution is -0.305. The number of carbonyl (C=O) groups is 3. The van der Waals surface area contributed by atoms with Crippen LogP contribution in [0, 0.1) is 23.7 Å². The second-order valence-corrected chi connectivity index (χ2v) is 8.75. The largest absolute Gasteiger partial charge is 0.548 e. The highest BCUT2D eigenvalue weighted by atomic mass is 32.2. The van der Waals surface area contributed by atoms with E-state index in [-0.39, 0.29) is 33.8 Å². The highest BCUT2D eigenvalue weighted by Crippen LogP contribution is 2.64. The molecule has 4 aliphatic rings. The minimum absolute atomic E-state index is 0.0102. The van der Waals surface area contributed by atoms with E-state index in [1.165, 1.54) is 0 Å². The molecule has 2 bridgehead atoms. The zero-order valence-corrected chi connectivity index (χ0v) is 13.8. The van der Waals surface area contributed by atoms with Crippen molar-refractivity contribution in [1.82, 2.24) is 9.88 Å². The molecule has 3 fully saturated rings. The van der Waals surface area contributed by atoms with Crippen molar-refractivity contribution in [2.75, 3.05) is 6.54 Å². The number of nitrogens with zero attached hydrogens (tertiary/aromatic N) is 1. The quantitative estimate of drug-likeness (QED) is 0.696. The van der Waals surface area contributed by atoms with Crippen molar-refractivity contribution in [3.8, 4) is 0 Å². The van der Waals surface area contributed by atoms with Gasteiger partial charge < -0.3 is 14.9 Å². The summed E-state index contributed by atoms with van der Waals surface area (Å²) in [5, 5.41) is 11.7. The number of fused-ring (bicyclic) bond motifs is 9. The minimum atomic E-state index is -1.42. The number of hydrogen-bond donors (Lipinski definition) is 1. The number of nitrogens with one attached hydrogen (secondary N) is 1. The van der Waals surface area contributed by atoms with E-state index in [1.807, 2.05) is 6.08 Å². The number of carbonyl (C=O) groups excluding carboxylic acids is 3. The van der Waals surface area contributed by atoms with Gasteiger partial charge in [-0.2, -0.15) is 0 Å². The van der Waals surface area contributed by atoms with Gasteiger partial charge in [0.2, 0.25) is 11.8 Å². The Balaban J connectivity index is 1.55. The molecule has 2 aliphatic carbocycles. The molecule has 5 rings (SSSR count). The van der Waals surface area contributed by atoms with Crippen molar-refractivity contribution < 1.29 is 19.5 Å². The third-order valence-electron chi connectivity index (χ3n) is 5.53. The van der Waals surface area contributed by atoms with Crippen LogP contribution in [0.3, 0.4) is 0 Å². The molecule has 124 valence electrons. The van der Waals surface area contributed by atoms with Crippen molar-refractivity contribution in [3.63, 3.8) is 0 Å². The summed E-state index contributed by atoms with van der Waals surface area (Å²) in [6.45, 7) is -0.665.